The van der Waals surface area contributed by atoms with E-state index < -0.39 is 6.85 Å². The molecule has 0 saturated carbocycles. The fourth-order valence-corrected chi connectivity index (χ4v) is 8.96. The molecule has 0 bridgehead atoms. The molecule has 340 valence electrons. The Morgan fingerprint density at radius 2 is 1.22 bits per heavy atom. The standard InChI is InChI=1S/C61H52N5O.Pd/c1-41-31-57(62-39-54(41)43-21-13-9-14-22-43)66-56-38-50(27-28-53(56)58-59(66)52-25-17-18-26-55(52)65(58)47-23-15-10-16-24-47)67-51-33-44(42-19-11-8-12-20-42)32-48(37-51)63-29-30-64(40-63)49-35-45(60(2,3)4)34-46(36-49)61(5,6)7;/h8-36,39-40H,1-7H3;/q-3;/i1D3,31D,39D;. The zero-order valence-corrected chi connectivity index (χ0v) is 40.3. The minimum absolute atomic E-state index is 0. The van der Waals surface area contributed by atoms with Crippen LogP contribution in [0.4, 0.5) is 11.4 Å². The van der Waals surface area contributed by atoms with Gasteiger partial charge in [-0.1, -0.05) is 156 Å². The van der Waals surface area contributed by atoms with Crippen LogP contribution in [0.25, 0.3) is 66.6 Å². The zero-order valence-electron chi connectivity index (χ0n) is 43.7. The van der Waals surface area contributed by atoms with Crippen molar-refractivity contribution in [1.29, 1.82) is 0 Å². The summed E-state index contributed by atoms with van der Waals surface area (Å²) in [6, 6.07) is 58.6. The normalized spacial score (nSPS) is 14.2. The Morgan fingerprint density at radius 3 is 1.91 bits per heavy atom. The predicted octanol–water partition coefficient (Wildman–Crippen LogP) is 15.7. The van der Waals surface area contributed by atoms with Crippen molar-refractivity contribution in [3.05, 3.63) is 218 Å². The zero-order chi connectivity index (χ0) is 50.3. The summed E-state index contributed by atoms with van der Waals surface area (Å²) in [6.45, 7) is 12.8. The number of rotatable bonds is 8. The second-order valence-corrected chi connectivity index (χ2v) is 19.2. The molecule has 0 N–H and O–H groups in total. The van der Waals surface area contributed by atoms with Crippen molar-refractivity contribution in [1.82, 2.24) is 14.1 Å². The summed E-state index contributed by atoms with van der Waals surface area (Å²) in [6.07, 6.45) is 3.83. The Labute approximate surface area is 420 Å². The number of fused-ring (bicyclic) bond motifs is 5. The van der Waals surface area contributed by atoms with E-state index in [0.717, 1.165) is 50.0 Å². The van der Waals surface area contributed by atoms with Crippen molar-refractivity contribution >= 4 is 44.2 Å². The molecule has 1 aliphatic heterocycles. The molecule has 0 aliphatic carbocycles. The quantitative estimate of drug-likeness (QED) is 0.112. The monoisotopic (exact) mass is 981 g/mol. The summed E-state index contributed by atoms with van der Waals surface area (Å²) in [4.78, 5) is 9.01. The van der Waals surface area contributed by atoms with Crippen molar-refractivity contribution < 1.29 is 32.0 Å². The van der Waals surface area contributed by atoms with Crippen LogP contribution >= 0.6 is 0 Å². The van der Waals surface area contributed by atoms with Crippen molar-refractivity contribution in [3.8, 4) is 45.3 Å². The molecular formula is C61H52N5OPd-3. The fraction of sp³-hybridized carbons (Fsp3) is 0.148. The van der Waals surface area contributed by atoms with Gasteiger partial charge in [-0.15, -0.1) is 48.3 Å². The third-order valence-corrected chi connectivity index (χ3v) is 12.5. The average Bonchev–Trinajstić information content (AvgIpc) is 4.07. The van der Waals surface area contributed by atoms with E-state index in [4.69, 9.17) is 13.8 Å². The van der Waals surface area contributed by atoms with E-state index in [1.54, 1.807) is 28.8 Å². The van der Waals surface area contributed by atoms with Gasteiger partial charge >= 0.3 is 0 Å². The molecule has 6 nitrogen and oxygen atoms in total. The summed E-state index contributed by atoms with van der Waals surface area (Å²) in [7, 11) is 0. The number of pyridine rings is 1. The molecule has 10 aromatic rings. The van der Waals surface area contributed by atoms with Gasteiger partial charge < -0.3 is 23.7 Å². The largest absolute Gasteiger partial charge is 0.509 e. The average molecular weight is 983 g/mol. The number of hydrogen-bond acceptors (Lipinski definition) is 4. The Morgan fingerprint density at radius 1 is 0.588 bits per heavy atom. The van der Waals surface area contributed by atoms with Gasteiger partial charge in [0, 0.05) is 70.0 Å². The van der Waals surface area contributed by atoms with Crippen LogP contribution in [0.2, 0.25) is 0 Å². The Balaban J connectivity index is 0.00000611. The molecule has 7 aromatic carbocycles. The topological polar surface area (TPSA) is 38.5 Å². The summed E-state index contributed by atoms with van der Waals surface area (Å²) < 4.78 is 56.3. The van der Waals surface area contributed by atoms with Crippen LogP contribution in [-0.2, 0) is 31.3 Å². The van der Waals surface area contributed by atoms with Crippen LogP contribution in [0.15, 0.2) is 182 Å². The molecule has 1 aliphatic rings. The molecule has 0 amide bonds. The van der Waals surface area contributed by atoms with E-state index in [2.05, 4.69) is 112 Å². The minimum atomic E-state index is -2.75. The van der Waals surface area contributed by atoms with Crippen molar-refractivity contribution in [2.45, 2.75) is 59.2 Å². The van der Waals surface area contributed by atoms with Crippen LogP contribution in [-0.4, -0.2) is 14.1 Å². The summed E-state index contributed by atoms with van der Waals surface area (Å²) in [5.41, 5.74) is 10.3. The van der Waals surface area contributed by atoms with Gasteiger partial charge in [-0.2, -0.15) is 6.07 Å². The van der Waals surface area contributed by atoms with Gasteiger partial charge in [-0.05, 0) is 94.3 Å². The van der Waals surface area contributed by atoms with Crippen molar-refractivity contribution in [3.63, 3.8) is 0 Å². The third-order valence-electron chi connectivity index (χ3n) is 12.5. The van der Waals surface area contributed by atoms with Crippen LogP contribution in [0.5, 0.6) is 11.5 Å². The minimum Gasteiger partial charge on any atom is -0.509 e. The number of ether oxygens (including phenoxy) is 1. The number of benzene rings is 7. The van der Waals surface area contributed by atoms with Gasteiger partial charge in [-0.3, -0.25) is 0 Å². The maximum atomic E-state index is 9.78. The number of anilines is 2. The second-order valence-electron chi connectivity index (χ2n) is 19.2. The Bertz CT molecular complexity index is 3710. The van der Waals surface area contributed by atoms with Gasteiger partial charge in [0.2, 0.25) is 0 Å². The number of nitrogens with zero attached hydrogens (tertiary/aromatic N) is 5. The first-order chi connectivity index (χ1) is 34.4. The SMILES string of the molecule is [2H]c1nc(-n2c3[c-]c(Oc4[c-]c(N5C=CN(c6cc(C(C)(C)C)cc(C(C)(C)C)c6)[CH-]5)cc(-c5ccccc5)c4)ccc3c3c2c2ccccc2n3-c2ccccc2)c([2H])c(C([2H])([2H])[2H])c1-c1ccccc1.[Pd]. The summed E-state index contributed by atoms with van der Waals surface area (Å²) in [5, 5.41) is 1.61. The first-order valence-electron chi connectivity index (χ1n) is 25.1. The molecule has 4 heterocycles. The maximum absolute atomic E-state index is 9.78. The Kier molecular flexibility index (Phi) is 10.00. The van der Waals surface area contributed by atoms with E-state index in [0.29, 0.717) is 28.1 Å². The van der Waals surface area contributed by atoms with Crippen LogP contribution in [0.3, 0.4) is 0 Å². The molecule has 0 atom stereocenters. The van der Waals surface area contributed by atoms with Crippen molar-refractivity contribution in [2.75, 3.05) is 9.80 Å². The third kappa shape index (κ3) is 8.21. The molecule has 68 heavy (non-hydrogen) atoms. The summed E-state index contributed by atoms with van der Waals surface area (Å²) in [5.74, 6) is 0.801. The molecule has 3 aromatic heterocycles. The van der Waals surface area contributed by atoms with Gasteiger partial charge in [-0.25, -0.2) is 4.98 Å². The molecule has 0 unspecified atom stereocenters. The molecular weight excluding hydrogens is 925 g/mol. The van der Waals surface area contributed by atoms with Gasteiger partial charge in [0.05, 0.1) is 13.8 Å². The van der Waals surface area contributed by atoms with Gasteiger partial charge in [0.15, 0.2) is 0 Å². The summed E-state index contributed by atoms with van der Waals surface area (Å²) >= 11 is 0. The van der Waals surface area contributed by atoms with E-state index in [-0.39, 0.29) is 60.4 Å². The first-order valence-corrected chi connectivity index (χ1v) is 22.6. The molecule has 11 rings (SSSR count). The van der Waals surface area contributed by atoms with E-state index in [9.17, 15) is 2.74 Å². The number of aromatic nitrogens is 3. The Hall–Kier alpha value is -7.17. The van der Waals surface area contributed by atoms with Crippen molar-refractivity contribution in [2.24, 2.45) is 0 Å². The molecule has 0 spiro atoms. The van der Waals surface area contributed by atoms with Crippen LogP contribution in [0.1, 0.15) is 65.1 Å². The predicted molar refractivity (Wildman–Crippen MR) is 277 cm³/mol. The molecule has 7 heteroatoms. The smallest absolute Gasteiger partial charge is 0.135 e. The van der Waals surface area contributed by atoms with E-state index in [1.165, 1.54) is 11.1 Å². The number of para-hydroxylation sites is 2. The first kappa shape index (κ1) is 38.9. The second kappa shape index (κ2) is 17.5. The van der Waals surface area contributed by atoms with E-state index >= 15 is 0 Å². The fourth-order valence-electron chi connectivity index (χ4n) is 8.96. The van der Waals surface area contributed by atoms with Gasteiger partial charge in [0.1, 0.15) is 5.82 Å². The number of hydrogen-bond donors (Lipinski definition) is 0. The maximum Gasteiger partial charge on any atom is 0.135 e. The van der Waals surface area contributed by atoms with Gasteiger partial charge in [0.25, 0.3) is 0 Å². The molecule has 0 saturated heterocycles. The van der Waals surface area contributed by atoms with Crippen LogP contribution < -0.4 is 14.5 Å². The van der Waals surface area contributed by atoms with Crippen LogP contribution in [0, 0.1) is 25.7 Å². The molecule has 0 fully saturated rings. The van der Waals surface area contributed by atoms with E-state index in [1.807, 2.05) is 108 Å². The molecule has 0 radical (unpaired) electrons.